The Labute approximate surface area is 244 Å². The molecule has 1 aliphatic heterocycles. The fraction of sp³-hybridized carbons (Fsp3) is 0.0606. The first kappa shape index (κ1) is 25.4. The van der Waals surface area contributed by atoms with Crippen LogP contribution in [0.5, 0.6) is 5.88 Å². The minimum absolute atomic E-state index is 0.0890. The maximum Gasteiger partial charge on any atom is 0.357 e. The molecule has 1 aliphatic rings. The lowest BCUT2D eigenvalue weighted by Gasteiger charge is -2.27. The van der Waals surface area contributed by atoms with Crippen molar-refractivity contribution in [2.24, 2.45) is 0 Å². The minimum atomic E-state index is -0.895. The van der Waals surface area contributed by atoms with Crippen molar-refractivity contribution in [1.82, 2.24) is 9.97 Å². The van der Waals surface area contributed by atoms with Gasteiger partial charge in [0.15, 0.2) is 5.56 Å². The van der Waals surface area contributed by atoms with Gasteiger partial charge in [0, 0.05) is 27.4 Å². The second kappa shape index (κ2) is 9.54. The van der Waals surface area contributed by atoms with Gasteiger partial charge < -0.3 is 25.6 Å². The fourth-order valence-corrected chi connectivity index (χ4v) is 5.75. The highest BCUT2D eigenvalue weighted by molar-refractivity contribution is 6.31. The fourth-order valence-electron chi connectivity index (χ4n) is 5.58. The molecule has 204 valence electrons. The number of nitrogen functional groups attached to an aromatic ring is 2. The van der Waals surface area contributed by atoms with E-state index in [9.17, 15) is 10.1 Å². The molecule has 0 amide bonds. The Morgan fingerprint density at radius 1 is 0.976 bits per heavy atom. The number of nitrogens with one attached hydrogen (secondary N) is 1. The molecular weight excluding hydrogens is 550 g/mol. The predicted octanol–water partition coefficient (Wildman–Crippen LogP) is 6.90. The molecule has 9 heteroatoms. The van der Waals surface area contributed by atoms with Gasteiger partial charge in [-0.25, -0.2) is 4.79 Å². The lowest BCUT2D eigenvalue weighted by Crippen LogP contribution is -2.17. The highest BCUT2D eigenvalue weighted by Crippen LogP contribution is 2.50. The van der Waals surface area contributed by atoms with E-state index in [0.717, 1.165) is 38.9 Å². The molecule has 0 aliphatic carbocycles. The van der Waals surface area contributed by atoms with E-state index in [4.69, 9.17) is 32.2 Å². The number of nitrogens with two attached hydrogens (primary N) is 2. The van der Waals surface area contributed by atoms with Crippen LogP contribution in [0.4, 0.5) is 11.4 Å². The maximum atomic E-state index is 12.5. The van der Waals surface area contributed by atoms with Gasteiger partial charge in [0.2, 0.25) is 11.6 Å². The molecule has 0 spiro atoms. The number of rotatable bonds is 3. The number of ether oxygens (including phenoxy) is 1. The molecule has 0 fully saturated rings. The summed E-state index contributed by atoms with van der Waals surface area (Å²) in [5, 5.41) is 11.2. The quantitative estimate of drug-likeness (QED) is 0.209. The van der Waals surface area contributed by atoms with Crippen LogP contribution >= 0.6 is 11.6 Å². The van der Waals surface area contributed by atoms with Crippen molar-refractivity contribution in [3.8, 4) is 23.2 Å². The van der Waals surface area contributed by atoms with Crippen LogP contribution in [0.1, 0.15) is 33.7 Å². The number of allylic oxidation sites excluding steroid dienone is 1. The highest BCUT2D eigenvalue weighted by atomic mass is 35.5. The number of fused-ring (bicyclic) bond motifs is 3. The van der Waals surface area contributed by atoms with E-state index in [1.807, 2.05) is 91.9 Å². The first-order valence-electron chi connectivity index (χ1n) is 13.1. The third-order valence-corrected chi connectivity index (χ3v) is 7.83. The molecule has 1 unspecified atom stereocenters. The summed E-state index contributed by atoms with van der Waals surface area (Å²) < 4.78 is 11.8. The third kappa shape index (κ3) is 3.91. The van der Waals surface area contributed by atoms with Crippen molar-refractivity contribution >= 4 is 50.7 Å². The molecule has 42 heavy (non-hydrogen) atoms. The van der Waals surface area contributed by atoms with Crippen molar-refractivity contribution in [2.45, 2.75) is 12.8 Å². The van der Waals surface area contributed by atoms with Crippen molar-refractivity contribution in [1.29, 1.82) is 5.26 Å². The van der Waals surface area contributed by atoms with Gasteiger partial charge in [-0.1, -0.05) is 71.8 Å². The smallest absolute Gasteiger partial charge is 0.357 e. The Balaban J connectivity index is 1.60. The van der Waals surface area contributed by atoms with Gasteiger partial charge in [0.05, 0.1) is 28.0 Å². The topological polar surface area (TPSA) is 144 Å². The average Bonchev–Trinajstić information content (AvgIpc) is 3.36. The first-order chi connectivity index (χ1) is 20.3. The summed E-state index contributed by atoms with van der Waals surface area (Å²) >= 11 is 6.52. The largest absolute Gasteiger partial charge is 0.438 e. The van der Waals surface area contributed by atoms with E-state index >= 15 is 0 Å². The molecular formula is C33H22ClN5O3. The van der Waals surface area contributed by atoms with E-state index in [1.54, 1.807) is 0 Å². The summed E-state index contributed by atoms with van der Waals surface area (Å²) in [6, 6.07) is 25.4. The number of anilines is 2. The number of pyridine rings is 1. The van der Waals surface area contributed by atoms with Crippen LogP contribution < -0.4 is 21.8 Å². The van der Waals surface area contributed by atoms with Gasteiger partial charge in [0.25, 0.3) is 0 Å². The van der Waals surface area contributed by atoms with Gasteiger partial charge in [-0.15, -0.1) is 0 Å². The molecule has 0 radical (unpaired) electrons. The number of H-pyrrole nitrogens is 1. The zero-order valence-corrected chi connectivity index (χ0v) is 23.0. The van der Waals surface area contributed by atoms with Crippen LogP contribution in [0.3, 0.4) is 0 Å². The number of hydrogen-bond donors (Lipinski definition) is 3. The number of nitriles is 1. The minimum Gasteiger partial charge on any atom is -0.438 e. The number of aromatic nitrogens is 2. The van der Waals surface area contributed by atoms with Gasteiger partial charge in [0.1, 0.15) is 11.8 Å². The molecule has 5 N–H and O–H groups in total. The zero-order chi connectivity index (χ0) is 29.1. The number of aromatic amines is 1. The summed E-state index contributed by atoms with van der Waals surface area (Å²) in [7, 11) is 0. The molecule has 7 rings (SSSR count). The van der Waals surface area contributed by atoms with Gasteiger partial charge >= 0.3 is 5.63 Å². The standard InChI is InChI=1S/C33H22ClN5O3/c1-16-7-9-17(10-8-16)24-14-21(25-20-13-19(34)11-12-23(20)38-30(25)18-5-3-2-4-6-18)26-29(37)27-28(36)22(15-35)33(40)42-32(27)39-31(26)41-24/h2-14,21,38H,36H2,1H3,(H2,37,39). The van der Waals surface area contributed by atoms with Crippen molar-refractivity contribution < 1.29 is 9.15 Å². The van der Waals surface area contributed by atoms with Crippen molar-refractivity contribution in [3.05, 3.63) is 122 Å². The second-order valence-electron chi connectivity index (χ2n) is 10.2. The van der Waals surface area contributed by atoms with E-state index < -0.39 is 11.5 Å². The summed E-state index contributed by atoms with van der Waals surface area (Å²) in [6.07, 6.45) is 1.99. The highest BCUT2D eigenvalue weighted by Gasteiger charge is 2.34. The van der Waals surface area contributed by atoms with E-state index in [1.165, 1.54) is 0 Å². The van der Waals surface area contributed by atoms with Crippen LogP contribution in [0, 0.1) is 18.3 Å². The van der Waals surface area contributed by atoms with E-state index in [-0.39, 0.29) is 33.9 Å². The summed E-state index contributed by atoms with van der Waals surface area (Å²) in [4.78, 5) is 20.7. The zero-order valence-electron chi connectivity index (χ0n) is 22.2. The van der Waals surface area contributed by atoms with Crippen LogP contribution in [-0.2, 0) is 0 Å². The summed E-state index contributed by atoms with van der Waals surface area (Å²) in [5.74, 6) is 0.227. The van der Waals surface area contributed by atoms with Gasteiger partial charge in [-0.05, 0) is 42.3 Å². The Morgan fingerprint density at radius 2 is 1.74 bits per heavy atom. The summed E-state index contributed by atoms with van der Waals surface area (Å²) in [6.45, 7) is 2.01. The maximum absolute atomic E-state index is 12.5. The monoisotopic (exact) mass is 571 g/mol. The molecule has 8 nitrogen and oxygen atoms in total. The third-order valence-electron chi connectivity index (χ3n) is 7.60. The Bertz CT molecular complexity index is 2190. The van der Waals surface area contributed by atoms with Crippen LogP contribution in [0.15, 0.2) is 88.1 Å². The predicted molar refractivity (Wildman–Crippen MR) is 164 cm³/mol. The lowest BCUT2D eigenvalue weighted by atomic mass is 9.84. The number of halogens is 1. The molecule has 6 aromatic rings. The number of nitrogens with zero attached hydrogens (tertiary/aromatic N) is 2. The number of benzene rings is 3. The first-order valence-corrected chi connectivity index (χ1v) is 13.5. The molecule has 0 bridgehead atoms. The van der Waals surface area contributed by atoms with E-state index in [2.05, 4.69) is 9.97 Å². The molecule has 4 heterocycles. The average molecular weight is 572 g/mol. The van der Waals surface area contributed by atoms with E-state index in [0.29, 0.717) is 16.3 Å². The van der Waals surface area contributed by atoms with Crippen LogP contribution in [0.2, 0.25) is 5.02 Å². The number of aryl methyl sites for hydroxylation is 1. The molecule has 1 atom stereocenters. The van der Waals surface area contributed by atoms with Crippen molar-refractivity contribution in [2.75, 3.05) is 11.5 Å². The summed E-state index contributed by atoms with van der Waals surface area (Å²) in [5.41, 5.74) is 18.0. The lowest BCUT2D eigenvalue weighted by molar-refractivity contribution is 0.465. The Hall–Kier alpha value is -5.52. The van der Waals surface area contributed by atoms with Gasteiger partial charge in [-0.2, -0.15) is 10.2 Å². The Kier molecular flexibility index (Phi) is 5.78. The van der Waals surface area contributed by atoms with Gasteiger partial charge in [-0.3, -0.25) is 0 Å². The molecule has 3 aromatic heterocycles. The molecule has 0 saturated carbocycles. The molecule has 3 aromatic carbocycles. The second-order valence-corrected chi connectivity index (χ2v) is 10.6. The van der Waals surface area contributed by atoms with Crippen LogP contribution in [0.25, 0.3) is 39.0 Å². The number of hydrogen-bond acceptors (Lipinski definition) is 7. The van der Waals surface area contributed by atoms with Crippen LogP contribution in [-0.4, -0.2) is 9.97 Å². The Morgan fingerprint density at radius 3 is 2.48 bits per heavy atom. The SMILES string of the molecule is Cc1ccc(C2=CC(c3c(-c4ccccc4)[nH]c4ccc(Cl)cc34)c3c(nc4oc(=O)c(C#N)c(N)c4c3N)O2)cc1. The van der Waals surface area contributed by atoms with Crippen molar-refractivity contribution in [3.63, 3.8) is 0 Å². The molecule has 0 saturated heterocycles. The normalized spacial score (nSPS) is 14.3.